The van der Waals surface area contributed by atoms with Crippen LogP contribution in [0.2, 0.25) is 0 Å². The first kappa shape index (κ1) is 12.8. The van der Waals surface area contributed by atoms with E-state index in [-0.39, 0.29) is 13.0 Å². The smallest absolute Gasteiger partial charge is 0.276 e. The summed E-state index contributed by atoms with van der Waals surface area (Å²) in [6, 6.07) is 0. The normalized spacial score (nSPS) is 15.8. The lowest BCUT2D eigenvalue weighted by molar-refractivity contribution is -0.314. The minimum atomic E-state index is -4.42. The highest BCUT2D eigenvalue weighted by atomic mass is 32.2. The van der Waals surface area contributed by atoms with Crippen molar-refractivity contribution in [2.24, 2.45) is 5.73 Å². The van der Waals surface area contributed by atoms with E-state index in [1.165, 1.54) is 0 Å². The number of rotatable bonds is 5. The van der Waals surface area contributed by atoms with Crippen LogP contribution in [0.1, 0.15) is 12.8 Å². The summed E-state index contributed by atoms with van der Waals surface area (Å²) < 4.78 is 29.7. The van der Waals surface area contributed by atoms with Gasteiger partial charge in [-0.25, -0.2) is 0 Å². The van der Waals surface area contributed by atoms with Crippen molar-refractivity contribution >= 4 is 10.1 Å². The average molecular weight is 215 g/mol. The van der Waals surface area contributed by atoms with Gasteiger partial charge in [-0.2, -0.15) is 8.42 Å². The van der Waals surface area contributed by atoms with Gasteiger partial charge in [0, 0.05) is 6.42 Å². The van der Waals surface area contributed by atoms with E-state index < -0.39 is 27.8 Å². The van der Waals surface area contributed by atoms with Crippen molar-refractivity contribution in [3.8, 4) is 0 Å². The molecule has 1 unspecified atom stereocenters. The van der Waals surface area contributed by atoms with Crippen LogP contribution in [0.3, 0.4) is 0 Å². The summed E-state index contributed by atoms with van der Waals surface area (Å²) in [5.74, 6) is -3.12. The third-order valence-electron chi connectivity index (χ3n) is 1.41. The van der Waals surface area contributed by atoms with E-state index in [2.05, 4.69) is 0 Å². The number of hydrogen-bond donors (Lipinski definition) is 5. The van der Waals surface area contributed by atoms with Gasteiger partial charge in [0.1, 0.15) is 0 Å². The molecule has 7 nitrogen and oxygen atoms in total. The number of nitrogens with two attached hydrogens (primary N) is 1. The van der Waals surface area contributed by atoms with Crippen molar-refractivity contribution in [2.75, 3.05) is 6.54 Å². The second kappa shape index (κ2) is 4.31. The predicted molar refractivity (Wildman–Crippen MR) is 43.0 cm³/mol. The zero-order valence-corrected chi connectivity index (χ0v) is 7.61. The molecule has 0 fully saturated rings. The molecule has 6 N–H and O–H groups in total. The molecule has 0 aliphatic carbocycles. The van der Waals surface area contributed by atoms with Gasteiger partial charge in [0.25, 0.3) is 16.1 Å². The molecule has 8 heteroatoms. The lowest BCUT2D eigenvalue weighted by Crippen LogP contribution is -2.37. The Labute approximate surface area is 75.6 Å². The third-order valence-corrected chi connectivity index (χ3v) is 2.66. The third kappa shape index (κ3) is 5.91. The van der Waals surface area contributed by atoms with Crippen molar-refractivity contribution in [2.45, 2.75) is 24.1 Å². The molecule has 0 rings (SSSR count). The van der Waals surface area contributed by atoms with Gasteiger partial charge in [0.2, 0.25) is 0 Å². The van der Waals surface area contributed by atoms with Crippen LogP contribution in [-0.2, 0) is 10.1 Å². The molecule has 0 saturated heterocycles. The number of hydrogen-bond acceptors (Lipinski definition) is 6. The Kier molecular flexibility index (Phi) is 4.23. The van der Waals surface area contributed by atoms with Gasteiger partial charge >= 0.3 is 0 Å². The van der Waals surface area contributed by atoms with Crippen molar-refractivity contribution in [1.82, 2.24) is 0 Å². The molecule has 0 aliphatic rings. The molecule has 0 amide bonds. The van der Waals surface area contributed by atoms with Gasteiger partial charge in [-0.1, -0.05) is 0 Å². The minimum Gasteiger partial charge on any atom is -0.344 e. The highest BCUT2D eigenvalue weighted by Gasteiger charge is 2.32. The molecule has 0 radical (unpaired) electrons. The maximum Gasteiger partial charge on any atom is 0.276 e. The van der Waals surface area contributed by atoms with Crippen LogP contribution >= 0.6 is 0 Å². The Hall–Kier alpha value is -0.250. The van der Waals surface area contributed by atoms with E-state index >= 15 is 0 Å². The molecule has 80 valence electrons. The molecule has 0 aromatic rings. The van der Waals surface area contributed by atoms with Gasteiger partial charge in [-0.15, -0.1) is 0 Å². The van der Waals surface area contributed by atoms with Crippen molar-refractivity contribution in [1.29, 1.82) is 0 Å². The topological polar surface area (TPSA) is 141 Å². The standard InChI is InChI=1S/C5H13NO6S/c6-2-1-4(13(10,11)12)3-5(7,8)9/h4,7-9H,1-3,6H2,(H,10,11,12). The summed E-state index contributed by atoms with van der Waals surface area (Å²) in [6.45, 7) is -0.0550. The molecule has 0 aromatic carbocycles. The van der Waals surface area contributed by atoms with Crippen LogP contribution in [0, 0.1) is 0 Å². The zero-order chi connectivity index (χ0) is 10.7. The van der Waals surface area contributed by atoms with Gasteiger partial charge in [0.05, 0.1) is 5.25 Å². The highest BCUT2D eigenvalue weighted by Crippen LogP contribution is 2.14. The fourth-order valence-corrected chi connectivity index (χ4v) is 1.72. The summed E-state index contributed by atoms with van der Waals surface area (Å²) in [5, 5.41) is 23.9. The Bertz CT molecular complexity index is 242. The van der Waals surface area contributed by atoms with Gasteiger partial charge < -0.3 is 21.1 Å². The monoisotopic (exact) mass is 215 g/mol. The molecule has 0 heterocycles. The fourth-order valence-electron chi connectivity index (χ4n) is 0.848. The molecule has 0 saturated carbocycles. The SMILES string of the molecule is NCCC(CC(O)(O)O)S(=O)(=O)O. The molecule has 0 aromatic heterocycles. The lowest BCUT2D eigenvalue weighted by Gasteiger charge is -2.19. The van der Waals surface area contributed by atoms with Gasteiger partial charge in [-0.3, -0.25) is 4.55 Å². The molecule has 0 aliphatic heterocycles. The summed E-state index contributed by atoms with van der Waals surface area (Å²) in [6.07, 6.45) is -1.06. The van der Waals surface area contributed by atoms with Crippen LogP contribution in [0.25, 0.3) is 0 Å². The Balaban J connectivity index is 4.46. The first-order valence-electron chi connectivity index (χ1n) is 3.50. The first-order chi connectivity index (χ1) is 5.67. The van der Waals surface area contributed by atoms with E-state index in [1.807, 2.05) is 0 Å². The summed E-state index contributed by atoms with van der Waals surface area (Å²) in [4.78, 5) is 0. The van der Waals surface area contributed by atoms with Crippen LogP contribution in [0.15, 0.2) is 0 Å². The van der Waals surface area contributed by atoms with Crippen molar-refractivity contribution in [3.05, 3.63) is 0 Å². The largest absolute Gasteiger partial charge is 0.344 e. The first-order valence-corrected chi connectivity index (χ1v) is 5.00. The van der Waals surface area contributed by atoms with E-state index in [9.17, 15) is 8.42 Å². The van der Waals surface area contributed by atoms with Crippen LogP contribution < -0.4 is 5.73 Å². The molecule has 0 spiro atoms. The zero-order valence-electron chi connectivity index (χ0n) is 6.79. The number of aliphatic hydroxyl groups is 3. The van der Waals surface area contributed by atoms with E-state index in [0.29, 0.717) is 0 Å². The van der Waals surface area contributed by atoms with Crippen molar-refractivity contribution in [3.63, 3.8) is 0 Å². The quantitative estimate of drug-likeness (QED) is 0.254. The average Bonchev–Trinajstić information content (AvgIpc) is 1.81. The van der Waals surface area contributed by atoms with E-state index in [4.69, 9.17) is 25.6 Å². The molecular formula is C5H13NO6S. The van der Waals surface area contributed by atoms with Gasteiger partial charge in [0.15, 0.2) is 0 Å². The molecule has 1 atom stereocenters. The predicted octanol–water partition coefficient (Wildman–Crippen LogP) is -2.39. The Morgan fingerprint density at radius 1 is 1.31 bits per heavy atom. The lowest BCUT2D eigenvalue weighted by atomic mass is 10.2. The highest BCUT2D eigenvalue weighted by molar-refractivity contribution is 7.86. The summed E-state index contributed by atoms with van der Waals surface area (Å²) >= 11 is 0. The maximum atomic E-state index is 10.6. The molecule has 0 bridgehead atoms. The Morgan fingerprint density at radius 3 is 2.00 bits per heavy atom. The van der Waals surface area contributed by atoms with Crippen LogP contribution in [0.4, 0.5) is 0 Å². The summed E-state index contributed by atoms with van der Waals surface area (Å²) in [5.41, 5.74) is 5.02. The molecule has 13 heavy (non-hydrogen) atoms. The van der Waals surface area contributed by atoms with E-state index in [1.54, 1.807) is 0 Å². The Morgan fingerprint density at radius 2 is 1.77 bits per heavy atom. The maximum absolute atomic E-state index is 10.6. The van der Waals surface area contributed by atoms with E-state index in [0.717, 1.165) is 0 Å². The molecular weight excluding hydrogens is 202 g/mol. The van der Waals surface area contributed by atoms with Crippen LogP contribution in [-0.4, -0.2) is 46.1 Å². The van der Waals surface area contributed by atoms with Gasteiger partial charge in [-0.05, 0) is 13.0 Å². The fraction of sp³-hybridized carbons (Fsp3) is 1.00. The minimum absolute atomic E-state index is 0.0550. The summed E-state index contributed by atoms with van der Waals surface area (Å²) in [7, 11) is -4.42. The second-order valence-electron chi connectivity index (χ2n) is 2.69. The van der Waals surface area contributed by atoms with Crippen molar-refractivity contribution < 1.29 is 28.3 Å². The second-order valence-corrected chi connectivity index (χ2v) is 4.39. The van der Waals surface area contributed by atoms with Crippen LogP contribution in [0.5, 0.6) is 0 Å².